The van der Waals surface area contributed by atoms with Crippen molar-refractivity contribution in [3.63, 3.8) is 0 Å². The van der Waals surface area contributed by atoms with Crippen LogP contribution in [-0.2, 0) is 4.74 Å². The second-order valence-corrected chi connectivity index (χ2v) is 2.88. The average Bonchev–Trinajstić information content (AvgIpc) is 1.87. The van der Waals surface area contributed by atoms with Gasteiger partial charge in [0.05, 0.1) is 5.60 Å². The topological polar surface area (TPSA) is 29.5 Å². The standard InChI is InChI=1S/C8H12O2/c1-3-7-8(2,9)5-4-6-10-7/h1,7,9H,4-6H2,2H3. The van der Waals surface area contributed by atoms with E-state index >= 15 is 0 Å². The third-order valence-electron chi connectivity index (χ3n) is 1.83. The molecule has 0 radical (unpaired) electrons. The average molecular weight is 140 g/mol. The number of rotatable bonds is 0. The minimum atomic E-state index is -0.812. The Hall–Kier alpha value is -0.520. The van der Waals surface area contributed by atoms with Crippen LogP contribution in [-0.4, -0.2) is 23.4 Å². The van der Waals surface area contributed by atoms with Crippen LogP contribution in [0.1, 0.15) is 19.8 Å². The zero-order valence-electron chi connectivity index (χ0n) is 6.13. The van der Waals surface area contributed by atoms with Crippen LogP contribution in [0.5, 0.6) is 0 Å². The Morgan fingerprint density at radius 3 is 2.90 bits per heavy atom. The summed E-state index contributed by atoms with van der Waals surface area (Å²) in [6, 6.07) is 0. The van der Waals surface area contributed by atoms with Crippen molar-refractivity contribution in [1.29, 1.82) is 0 Å². The van der Waals surface area contributed by atoms with Crippen molar-refractivity contribution in [2.45, 2.75) is 31.5 Å². The summed E-state index contributed by atoms with van der Waals surface area (Å²) < 4.78 is 5.16. The third kappa shape index (κ3) is 1.31. The van der Waals surface area contributed by atoms with Crippen molar-refractivity contribution in [3.05, 3.63) is 0 Å². The lowest BCUT2D eigenvalue weighted by molar-refractivity contribution is -0.107. The highest BCUT2D eigenvalue weighted by Crippen LogP contribution is 2.23. The maximum atomic E-state index is 9.57. The smallest absolute Gasteiger partial charge is 0.146 e. The molecular weight excluding hydrogens is 128 g/mol. The predicted molar refractivity (Wildman–Crippen MR) is 38.4 cm³/mol. The monoisotopic (exact) mass is 140 g/mol. The maximum Gasteiger partial charge on any atom is 0.146 e. The van der Waals surface area contributed by atoms with E-state index in [1.165, 1.54) is 0 Å². The van der Waals surface area contributed by atoms with Crippen LogP contribution in [0.4, 0.5) is 0 Å². The maximum absolute atomic E-state index is 9.57. The van der Waals surface area contributed by atoms with Crippen LogP contribution in [0.2, 0.25) is 0 Å². The zero-order chi connectivity index (χ0) is 7.61. The summed E-state index contributed by atoms with van der Waals surface area (Å²) in [7, 11) is 0. The summed E-state index contributed by atoms with van der Waals surface area (Å²) in [5.74, 6) is 2.42. The molecule has 2 unspecified atom stereocenters. The van der Waals surface area contributed by atoms with E-state index < -0.39 is 11.7 Å². The molecule has 0 aliphatic carbocycles. The predicted octanol–water partition coefficient (Wildman–Crippen LogP) is 0.550. The number of terminal acetylenes is 1. The van der Waals surface area contributed by atoms with Crippen molar-refractivity contribution >= 4 is 0 Å². The summed E-state index contributed by atoms with van der Waals surface area (Å²) in [6.07, 6.45) is 6.36. The lowest BCUT2D eigenvalue weighted by Crippen LogP contribution is -2.43. The van der Waals surface area contributed by atoms with Gasteiger partial charge in [0, 0.05) is 6.61 Å². The van der Waals surface area contributed by atoms with Crippen molar-refractivity contribution in [2.75, 3.05) is 6.61 Å². The van der Waals surface area contributed by atoms with Gasteiger partial charge in [0.1, 0.15) is 6.10 Å². The Bertz CT molecular complexity index is 155. The van der Waals surface area contributed by atoms with Gasteiger partial charge in [0.25, 0.3) is 0 Å². The number of ether oxygens (including phenoxy) is 1. The first-order valence-electron chi connectivity index (χ1n) is 3.47. The van der Waals surface area contributed by atoms with Gasteiger partial charge in [-0.15, -0.1) is 6.42 Å². The molecule has 0 aromatic heterocycles. The molecule has 1 saturated heterocycles. The first-order valence-corrected chi connectivity index (χ1v) is 3.47. The highest BCUT2D eigenvalue weighted by Gasteiger charge is 2.33. The molecule has 1 fully saturated rings. The van der Waals surface area contributed by atoms with E-state index in [1.807, 2.05) is 0 Å². The lowest BCUT2D eigenvalue weighted by atomic mass is 9.92. The Kier molecular flexibility index (Phi) is 1.98. The molecule has 1 N–H and O–H groups in total. The molecule has 1 heterocycles. The molecule has 0 bridgehead atoms. The number of aliphatic hydroxyl groups is 1. The normalized spacial score (nSPS) is 40.7. The lowest BCUT2D eigenvalue weighted by Gasteiger charge is -2.33. The van der Waals surface area contributed by atoms with Crippen LogP contribution in [0.15, 0.2) is 0 Å². The molecule has 10 heavy (non-hydrogen) atoms. The van der Waals surface area contributed by atoms with Gasteiger partial charge >= 0.3 is 0 Å². The fourth-order valence-electron chi connectivity index (χ4n) is 1.17. The highest BCUT2D eigenvalue weighted by molar-refractivity contribution is 5.05. The van der Waals surface area contributed by atoms with Crippen LogP contribution < -0.4 is 0 Å². The van der Waals surface area contributed by atoms with E-state index in [4.69, 9.17) is 11.2 Å². The molecule has 1 aliphatic rings. The van der Waals surface area contributed by atoms with E-state index in [1.54, 1.807) is 6.92 Å². The van der Waals surface area contributed by atoms with Crippen LogP contribution in [0.25, 0.3) is 0 Å². The third-order valence-corrected chi connectivity index (χ3v) is 1.83. The summed E-state index contributed by atoms with van der Waals surface area (Å²) >= 11 is 0. The molecule has 0 spiro atoms. The summed E-state index contributed by atoms with van der Waals surface area (Å²) in [4.78, 5) is 0. The van der Waals surface area contributed by atoms with Crippen LogP contribution in [0.3, 0.4) is 0 Å². The molecule has 0 aromatic carbocycles. The molecule has 0 saturated carbocycles. The van der Waals surface area contributed by atoms with Gasteiger partial charge < -0.3 is 9.84 Å². The van der Waals surface area contributed by atoms with Gasteiger partial charge in [0.2, 0.25) is 0 Å². The highest BCUT2D eigenvalue weighted by atomic mass is 16.5. The van der Waals surface area contributed by atoms with Gasteiger partial charge in [-0.1, -0.05) is 5.92 Å². The van der Waals surface area contributed by atoms with E-state index in [-0.39, 0.29) is 0 Å². The Morgan fingerprint density at radius 2 is 2.50 bits per heavy atom. The summed E-state index contributed by atoms with van der Waals surface area (Å²) in [5.41, 5.74) is -0.812. The van der Waals surface area contributed by atoms with E-state index in [0.717, 1.165) is 12.8 Å². The quantitative estimate of drug-likeness (QED) is 0.498. The van der Waals surface area contributed by atoms with Crippen LogP contribution in [0, 0.1) is 12.3 Å². The van der Waals surface area contributed by atoms with Crippen molar-refractivity contribution in [3.8, 4) is 12.3 Å². The van der Waals surface area contributed by atoms with E-state index in [0.29, 0.717) is 6.61 Å². The molecule has 2 nitrogen and oxygen atoms in total. The fourth-order valence-corrected chi connectivity index (χ4v) is 1.17. The van der Waals surface area contributed by atoms with Crippen molar-refractivity contribution in [2.24, 2.45) is 0 Å². The van der Waals surface area contributed by atoms with Gasteiger partial charge in [-0.3, -0.25) is 0 Å². The Labute approximate surface area is 61.2 Å². The fraction of sp³-hybridized carbons (Fsp3) is 0.750. The van der Waals surface area contributed by atoms with Gasteiger partial charge in [0.15, 0.2) is 0 Å². The Morgan fingerprint density at radius 1 is 1.80 bits per heavy atom. The Balaban J connectivity index is 2.62. The minimum absolute atomic E-state index is 0.416. The van der Waals surface area contributed by atoms with Gasteiger partial charge in [-0.2, -0.15) is 0 Å². The summed E-state index contributed by atoms with van der Waals surface area (Å²) in [6.45, 7) is 2.39. The first-order chi connectivity index (χ1) is 4.67. The van der Waals surface area contributed by atoms with Gasteiger partial charge in [-0.25, -0.2) is 0 Å². The van der Waals surface area contributed by atoms with Crippen LogP contribution >= 0.6 is 0 Å². The molecule has 2 atom stereocenters. The molecule has 56 valence electrons. The van der Waals surface area contributed by atoms with Crippen molar-refractivity contribution in [1.82, 2.24) is 0 Å². The number of hydrogen-bond donors (Lipinski definition) is 1. The van der Waals surface area contributed by atoms with E-state index in [2.05, 4.69) is 5.92 Å². The van der Waals surface area contributed by atoms with Gasteiger partial charge in [-0.05, 0) is 19.8 Å². The largest absolute Gasteiger partial charge is 0.386 e. The molecule has 0 aromatic rings. The number of hydrogen-bond acceptors (Lipinski definition) is 2. The molecular formula is C8H12O2. The molecule has 0 amide bonds. The second kappa shape index (κ2) is 2.61. The zero-order valence-corrected chi connectivity index (χ0v) is 6.13. The SMILES string of the molecule is C#CC1OCCCC1(C)O. The first kappa shape index (κ1) is 7.59. The second-order valence-electron chi connectivity index (χ2n) is 2.88. The molecule has 1 rings (SSSR count). The van der Waals surface area contributed by atoms with E-state index in [9.17, 15) is 5.11 Å². The van der Waals surface area contributed by atoms with Crippen molar-refractivity contribution < 1.29 is 9.84 Å². The molecule has 1 aliphatic heterocycles. The minimum Gasteiger partial charge on any atom is -0.386 e. The molecule has 2 heteroatoms. The summed E-state index contributed by atoms with van der Waals surface area (Å²) in [5, 5.41) is 9.57.